The standard InChI is InChI=1S/C31H40O3/c1-4-25(22-30(6-3)33-24-29(32)5-2)23-34-31(26-16-10-7-11-17-26,27-18-12-8-13-19-27)28-20-14-9-15-21-28/h7-21,25,29-30,32H,4-6,22-24H2,1-3H3/t25-,29?,30+/m1/s1. The lowest BCUT2D eigenvalue weighted by molar-refractivity contribution is -0.0446. The van der Waals surface area contributed by atoms with Gasteiger partial charge in [-0.25, -0.2) is 0 Å². The van der Waals surface area contributed by atoms with Crippen LogP contribution in [0.3, 0.4) is 0 Å². The van der Waals surface area contributed by atoms with Crippen LogP contribution in [0.1, 0.15) is 63.1 Å². The maximum absolute atomic E-state index is 9.93. The second-order valence-corrected chi connectivity index (χ2v) is 9.03. The van der Waals surface area contributed by atoms with Gasteiger partial charge in [-0.15, -0.1) is 0 Å². The first-order chi connectivity index (χ1) is 16.6. The molecule has 0 aliphatic heterocycles. The molecule has 0 saturated heterocycles. The van der Waals surface area contributed by atoms with Crippen molar-refractivity contribution < 1.29 is 14.6 Å². The Kier molecular flexibility index (Phi) is 10.3. The van der Waals surface area contributed by atoms with Crippen molar-refractivity contribution in [3.63, 3.8) is 0 Å². The minimum atomic E-state index is -0.696. The van der Waals surface area contributed by atoms with E-state index in [1.165, 1.54) is 0 Å². The lowest BCUT2D eigenvalue weighted by Crippen LogP contribution is -2.35. The molecule has 3 aromatic carbocycles. The summed E-state index contributed by atoms with van der Waals surface area (Å²) in [5, 5.41) is 9.93. The van der Waals surface area contributed by atoms with E-state index in [2.05, 4.69) is 86.6 Å². The van der Waals surface area contributed by atoms with Crippen molar-refractivity contribution in [3.05, 3.63) is 108 Å². The van der Waals surface area contributed by atoms with Crippen LogP contribution in [0.15, 0.2) is 91.0 Å². The fourth-order valence-corrected chi connectivity index (χ4v) is 4.45. The van der Waals surface area contributed by atoms with E-state index in [0.717, 1.165) is 36.0 Å². The summed E-state index contributed by atoms with van der Waals surface area (Å²) in [6, 6.07) is 31.6. The zero-order valence-corrected chi connectivity index (χ0v) is 20.9. The van der Waals surface area contributed by atoms with E-state index in [9.17, 15) is 5.11 Å². The van der Waals surface area contributed by atoms with Crippen LogP contribution in [-0.4, -0.2) is 30.5 Å². The Labute approximate surface area is 205 Å². The molecule has 34 heavy (non-hydrogen) atoms. The van der Waals surface area contributed by atoms with E-state index >= 15 is 0 Å². The zero-order valence-electron chi connectivity index (χ0n) is 20.9. The first-order valence-corrected chi connectivity index (χ1v) is 12.7. The van der Waals surface area contributed by atoms with Gasteiger partial charge in [0.25, 0.3) is 0 Å². The largest absolute Gasteiger partial charge is 0.391 e. The third kappa shape index (κ3) is 6.56. The molecular formula is C31H40O3. The highest BCUT2D eigenvalue weighted by atomic mass is 16.5. The highest BCUT2D eigenvalue weighted by Crippen LogP contribution is 2.41. The van der Waals surface area contributed by atoms with Crippen LogP contribution in [0, 0.1) is 5.92 Å². The van der Waals surface area contributed by atoms with Crippen LogP contribution in [0.5, 0.6) is 0 Å². The van der Waals surface area contributed by atoms with E-state index in [0.29, 0.717) is 25.6 Å². The van der Waals surface area contributed by atoms with Crippen molar-refractivity contribution in [2.45, 2.75) is 64.3 Å². The maximum Gasteiger partial charge on any atom is 0.143 e. The smallest absolute Gasteiger partial charge is 0.143 e. The first-order valence-electron chi connectivity index (χ1n) is 12.7. The van der Waals surface area contributed by atoms with E-state index < -0.39 is 11.7 Å². The average molecular weight is 461 g/mol. The van der Waals surface area contributed by atoms with Gasteiger partial charge in [0.1, 0.15) is 5.60 Å². The molecule has 1 unspecified atom stereocenters. The van der Waals surface area contributed by atoms with Crippen LogP contribution < -0.4 is 0 Å². The summed E-state index contributed by atoms with van der Waals surface area (Å²) in [6.45, 7) is 7.36. The zero-order chi connectivity index (χ0) is 24.2. The number of ether oxygens (including phenoxy) is 2. The fourth-order valence-electron chi connectivity index (χ4n) is 4.45. The Morgan fingerprint density at radius 1 is 0.647 bits per heavy atom. The minimum absolute atomic E-state index is 0.120. The highest BCUT2D eigenvalue weighted by Gasteiger charge is 2.38. The summed E-state index contributed by atoms with van der Waals surface area (Å²) >= 11 is 0. The van der Waals surface area contributed by atoms with Crippen molar-refractivity contribution in [1.29, 1.82) is 0 Å². The molecule has 0 bridgehead atoms. The van der Waals surface area contributed by atoms with Crippen LogP contribution in [0.2, 0.25) is 0 Å². The molecule has 1 N–H and O–H groups in total. The van der Waals surface area contributed by atoms with Crippen LogP contribution in [0.25, 0.3) is 0 Å². The van der Waals surface area contributed by atoms with E-state index in [4.69, 9.17) is 9.47 Å². The van der Waals surface area contributed by atoms with E-state index in [1.807, 2.05) is 25.1 Å². The molecule has 0 fully saturated rings. The molecule has 0 amide bonds. The molecule has 0 saturated carbocycles. The Hall–Kier alpha value is -2.46. The van der Waals surface area contributed by atoms with Gasteiger partial charge < -0.3 is 14.6 Å². The number of aliphatic hydroxyl groups is 1. The van der Waals surface area contributed by atoms with Crippen molar-refractivity contribution in [2.24, 2.45) is 5.92 Å². The number of benzene rings is 3. The number of aliphatic hydroxyl groups excluding tert-OH is 1. The summed E-state index contributed by atoms with van der Waals surface area (Å²) in [5.74, 6) is 0.347. The van der Waals surface area contributed by atoms with E-state index in [1.54, 1.807) is 0 Å². The summed E-state index contributed by atoms with van der Waals surface area (Å²) in [7, 11) is 0. The highest BCUT2D eigenvalue weighted by molar-refractivity contribution is 5.47. The van der Waals surface area contributed by atoms with Gasteiger partial charge >= 0.3 is 0 Å². The van der Waals surface area contributed by atoms with Gasteiger partial charge in [-0.2, -0.15) is 0 Å². The van der Waals surface area contributed by atoms with Gasteiger partial charge in [0.15, 0.2) is 0 Å². The molecule has 0 aliphatic rings. The molecule has 0 heterocycles. The quantitative estimate of drug-likeness (QED) is 0.264. The monoisotopic (exact) mass is 460 g/mol. The molecule has 182 valence electrons. The summed E-state index contributed by atoms with van der Waals surface area (Å²) < 4.78 is 13.1. The molecule has 0 aromatic heterocycles. The SMILES string of the molecule is CCC(O)CO[C@@H](CC)C[C@@H](CC)COC(c1ccccc1)(c1ccccc1)c1ccccc1. The minimum Gasteiger partial charge on any atom is -0.391 e. The lowest BCUT2D eigenvalue weighted by atomic mass is 9.80. The van der Waals surface area contributed by atoms with Crippen molar-refractivity contribution in [3.8, 4) is 0 Å². The summed E-state index contributed by atoms with van der Waals surface area (Å²) in [4.78, 5) is 0. The molecule has 3 rings (SSSR count). The Balaban J connectivity index is 1.91. The molecule has 0 spiro atoms. The maximum atomic E-state index is 9.93. The average Bonchev–Trinajstić information content (AvgIpc) is 2.91. The number of rotatable bonds is 14. The second kappa shape index (κ2) is 13.4. The number of hydrogen-bond donors (Lipinski definition) is 1. The third-order valence-corrected chi connectivity index (χ3v) is 6.70. The Bertz CT molecular complexity index is 830. The molecule has 3 atom stereocenters. The molecular weight excluding hydrogens is 420 g/mol. The van der Waals surface area contributed by atoms with Gasteiger partial charge in [-0.05, 0) is 41.9 Å². The molecule has 0 radical (unpaired) electrons. The van der Waals surface area contributed by atoms with Gasteiger partial charge in [0.05, 0.1) is 25.4 Å². The fraction of sp³-hybridized carbons (Fsp3) is 0.419. The van der Waals surface area contributed by atoms with Crippen molar-refractivity contribution in [1.82, 2.24) is 0 Å². The summed E-state index contributed by atoms with van der Waals surface area (Å²) in [5.41, 5.74) is 2.67. The van der Waals surface area contributed by atoms with Gasteiger partial charge in [-0.3, -0.25) is 0 Å². The number of hydrogen-bond acceptors (Lipinski definition) is 3. The second-order valence-electron chi connectivity index (χ2n) is 9.03. The molecule has 3 nitrogen and oxygen atoms in total. The molecule has 0 aliphatic carbocycles. The van der Waals surface area contributed by atoms with Crippen LogP contribution in [0.4, 0.5) is 0 Å². The van der Waals surface area contributed by atoms with Crippen molar-refractivity contribution in [2.75, 3.05) is 13.2 Å². The van der Waals surface area contributed by atoms with E-state index in [-0.39, 0.29) is 6.10 Å². The Morgan fingerprint density at radius 2 is 1.12 bits per heavy atom. The lowest BCUT2D eigenvalue weighted by Gasteiger charge is -2.37. The third-order valence-electron chi connectivity index (χ3n) is 6.70. The van der Waals surface area contributed by atoms with Crippen molar-refractivity contribution >= 4 is 0 Å². The van der Waals surface area contributed by atoms with Gasteiger partial charge in [0, 0.05) is 0 Å². The molecule has 3 aromatic rings. The Morgan fingerprint density at radius 3 is 1.50 bits per heavy atom. The predicted octanol–water partition coefficient (Wildman–Crippen LogP) is 6.98. The predicted molar refractivity (Wildman–Crippen MR) is 140 cm³/mol. The van der Waals surface area contributed by atoms with Crippen LogP contribution in [-0.2, 0) is 15.1 Å². The van der Waals surface area contributed by atoms with Gasteiger partial charge in [-0.1, -0.05) is 118 Å². The van der Waals surface area contributed by atoms with Crippen LogP contribution >= 0.6 is 0 Å². The normalized spacial score (nSPS) is 14.5. The topological polar surface area (TPSA) is 38.7 Å². The molecule has 3 heteroatoms. The summed E-state index contributed by atoms with van der Waals surface area (Å²) in [6.07, 6.45) is 3.28. The van der Waals surface area contributed by atoms with Gasteiger partial charge in [0.2, 0.25) is 0 Å². The first kappa shape index (κ1) is 26.2.